The van der Waals surface area contributed by atoms with Crippen LogP contribution in [0.2, 0.25) is 0 Å². The van der Waals surface area contributed by atoms with Crippen molar-refractivity contribution in [1.82, 2.24) is 18.3 Å². The van der Waals surface area contributed by atoms with Gasteiger partial charge in [0, 0.05) is 71.5 Å². The number of aromatic nitrogens is 4. The Labute approximate surface area is 472 Å². The first-order valence-corrected chi connectivity index (χ1v) is 29.1. The molecule has 5 heterocycles. The lowest BCUT2D eigenvalue weighted by molar-refractivity contribution is 0.487. The Morgan fingerprint density at radius 1 is 0.395 bits per heavy atom. The summed E-state index contributed by atoms with van der Waals surface area (Å²) in [5.74, 6) is 2.77. The van der Waals surface area contributed by atoms with E-state index in [1.807, 2.05) is 0 Å². The summed E-state index contributed by atoms with van der Waals surface area (Å²) in [4.78, 5) is 0. The number of fused-ring (bicyclic) bond motifs is 14. The molecule has 390 valence electrons. The van der Waals surface area contributed by atoms with Gasteiger partial charge in [-0.15, -0.1) is 0 Å². The van der Waals surface area contributed by atoms with Crippen molar-refractivity contribution in [2.75, 3.05) is 0 Å². The fraction of sp³-hybridized carbons (Fsp3) is 0.147. The summed E-state index contributed by atoms with van der Waals surface area (Å²) in [6.07, 6.45) is 5.73. The highest BCUT2D eigenvalue weighted by atomic mass is 16.5. The second-order valence-electron chi connectivity index (χ2n) is 23.7. The SMILES string of the molecule is CC(C)c1cc(C(C)C)c(B2c3cc(-n4c5c(c6ccccc64)CC(n4c6ccccc6c6ccccc64)C=C5)ccc3Oc3ccc(-n4c5ccccc5c5cc(-n6c7ccccc7c7ccccc76)ccc54)cc32)c(C(C)C)c1. The zero-order chi connectivity index (χ0) is 54.4. The highest BCUT2D eigenvalue weighted by Gasteiger charge is 2.38. The van der Waals surface area contributed by atoms with Gasteiger partial charge in [-0.3, -0.25) is 0 Å². The molecule has 1 aliphatic carbocycles. The van der Waals surface area contributed by atoms with Gasteiger partial charge in [0.1, 0.15) is 11.5 Å². The summed E-state index contributed by atoms with van der Waals surface area (Å²) < 4.78 is 17.2. The third-order valence-electron chi connectivity index (χ3n) is 18.2. The topological polar surface area (TPSA) is 28.9 Å². The van der Waals surface area contributed by atoms with E-state index in [4.69, 9.17) is 4.74 Å². The third-order valence-corrected chi connectivity index (χ3v) is 18.2. The smallest absolute Gasteiger partial charge is 0.251 e. The predicted octanol–water partition coefficient (Wildman–Crippen LogP) is 17.7. The van der Waals surface area contributed by atoms with Crippen molar-refractivity contribution < 1.29 is 4.74 Å². The summed E-state index contributed by atoms with van der Waals surface area (Å²) in [6, 6.07) is 79.5. The quantitative estimate of drug-likeness (QED) is 0.139. The number of allylic oxidation sites excluding steroid dienone is 1. The van der Waals surface area contributed by atoms with Gasteiger partial charge in [-0.05, 0) is 154 Å². The van der Waals surface area contributed by atoms with E-state index in [1.165, 1.54) is 121 Å². The average Bonchev–Trinajstić information content (AvgIpc) is 4.41. The first kappa shape index (κ1) is 47.7. The van der Waals surface area contributed by atoms with Crippen molar-refractivity contribution in [3.8, 4) is 28.6 Å². The van der Waals surface area contributed by atoms with Gasteiger partial charge in [0.05, 0.1) is 33.6 Å². The lowest BCUT2D eigenvalue weighted by Crippen LogP contribution is -2.57. The average molecular weight is 1050 g/mol. The molecule has 0 N–H and O–H groups in total. The van der Waals surface area contributed by atoms with E-state index in [2.05, 4.69) is 284 Å². The number of hydrogen-bond acceptors (Lipinski definition) is 1. The van der Waals surface area contributed by atoms with E-state index in [1.54, 1.807) is 0 Å². The van der Waals surface area contributed by atoms with Crippen LogP contribution in [-0.2, 0) is 6.42 Å². The van der Waals surface area contributed by atoms with Crippen LogP contribution in [0.5, 0.6) is 11.5 Å². The highest BCUT2D eigenvalue weighted by molar-refractivity contribution is 6.97. The number of ether oxygens (including phenoxy) is 1. The minimum atomic E-state index is -0.123. The van der Waals surface area contributed by atoms with Gasteiger partial charge in [0.2, 0.25) is 0 Å². The van der Waals surface area contributed by atoms with Crippen LogP contribution in [0.15, 0.2) is 218 Å². The Kier molecular flexibility index (Phi) is 10.7. The Balaban J connectivity index is 0.893. The van der Waals surface area contributed by atoms with Crippen LogP contribution in [0.25, 0.3) is 99.5 Å². The van der Waals surface area contributed by atoms with E-state index >= 15 is 0 Å². The second-order valence-corrected chi connectivity index (χ2v) is 23.7. The zero-order valence-electron chi connectivity index (χ0n) is 46.7. The molecule has 0 amide bonds. The van der Waals surface area contributed by atoms with Crippen molar-refractivity contribution in [2.45, 2.75) is 71.8 Å². The molecule has 0 saturated heterocycles. The molecule has 0 radical (unpaired) electrons. The van der Waals surface area contributed by atoms with Gasteiger partial charge in [0.25, 0.3) is 6.71 Å². The van der Waals surface area contributed by atoms with Crippen molar-refractivity contribution in [1.29, 1.82) is 0 Å². The maximum absolute atomic E-state index is 7.23. The van der Waals surface area contributed by atoms with E-state index in [9.17, 15) is 0 Å². The summed E-state index contributed by atoms with van der Waals surface area (Å²) in [6.45, 7) is 14.1. The molecule has 6 heteroatoms. The van der Waals surface area contributed by atoms with Crippen molar-refractivity contribution in [2.24, 2.45) is 0 Å². The molecule has 81 heavy (non-hydrogen) atoms. The number of hydrogen-bond donors (Lipinski definition) is 0. The number of nitrogens with zero attached hydrogens (tertiary/aromatic N) is 4. The maximum atomic E-state index is 7.23. The van der Waals surface area contributed by atoms with Crippen molar-refractivity contribution in [3.63, 3.8) is 0 Å². The largest absolute Gasteiger partial charge is 0.458 e. The van der Waals surface area contributed by atoms with Crippen molar-refractivity contribution in [3.05, 3.63) is 246 Å². The predicted molar refractivity (Wildman–Crippen MR) is 343 cm³/mol. The van der Waals surface area contributed by atoms with E-state index < -0.39 is 0 Å². The first-order valence-electron chi connectivity index (χ1n) is 29.1. The van der Waals surface area contributed by atoms with Crippen molar-refractivity contribution >= 4 is 105 Å². The Morgan fingerprint density at radius 2 is 0.802 bits per heavy atom. The Morgan fingerprint density at radius 3 is 1.31 bits per heavy atom. The summed E-state index contributed by atoms with van der Waals surface area (Å²) in [5.41, 5.74) is 22.5. The van der Waals surface area contributed by atoms with Crippen LogP contribution >= 0.6 is 0 Å². The van der Waals surface area contributed by atoms with Gasteiger partial charge in [-0.2, -0.15) is 0 Å². The molecule has 0 saturated carbocycles. The van der Waals surface area contributed by atoms with Gasteiger partial charge in [-0.1, -0.05) is 174 Å². The lowest BCUT2D eigenvalue weighted by Gasteiger charge is -2.33. The Bertz CT molecular complexity index is 4820. The van der Waals surface area contributed by atoms with E-state index in [0.717, 1.165) is 35.0 Å². The molecule has 16 rings (SSSR count). The van der Waals surface area contributed by atoms with E-state index in [0.29, 0.717) is 5.92 Å². The molecule has 5 nitrogen and oxygen atoms in total. The molecule has 4 aromatic heterocycles. The first-order chi connectivity index (χ1) is 39.7. The molecule has 0 spiro atoms. The second kappa shape index (κ2) is 18.1. The lowest BCUT2D eigenvalue weighted by atomic mass is 9.33. The molecule has 1 aliphatic heterocycles. The molecule has 0 fully saturated rings. The third kappa shape index (κ3) is 7.12. The fourth-order valence-corrected chi connectivity index (χ4v) is 14.5. The summed E-state index contributed by atoms with van der Waals surface area (Å²) in [5, 5.41) is 8.86. The number of benzene rings is 10. The number of rotatable bonds is 8. The van der Waals surface area contributed by atoms with E-state index in [-0.39, 0.29) is 24.6 Å². The van der Waals surface area contributed by atoms with Gasteiger partial charge in [0.15, 0.2) is 0 Å². The molecule has 10 aromatic carbocycles. The maximum Gasteiger partial charge on any atom is 0.251 e. The van der Waals surface area contributed by atoms with Crippen LogP contribution in [0, 0.1) is 0 Å². The fourth-order valence-electron chi connectivity index (χ4n) is 14.5. The molecule has 1 unspecified atom stereocenters. The minimum absolute atomic E-state index is 0.123. The normalized spacial score (nSPS) is 14.2. The highest BCUT2D eigenvalue weighted by Crippen LogP contribution is 2.43. The van der Waals surface area contributed by atoms with Crippen LogP contribution in [0.1, 0.15) is 93.3 Å². The van der Waals surface area contributed by atoms with Gasteiger partial charge < -0.3 is 23.0 Å². The molecule has 0 bridgehead atoms. The standard InChI is InChI=1S/C75H61BN4O/c1-45(2)48-39-59(46(3)4)75(60(40-48)47(5)6)76-63-43-51(79-69-29-17-11-23-57(69)61-41-49(31-35-71(61)79)77-65-25-13-7-19-53(65)54-20-8-14-26-66(54)77)33-37-73(63)81-74-38-34-52(44-64(74)76)80-70-30-18-12-24-58(70)62-42-50(32-36-72(62)80)78-67-27-15-9-21-55(67)56-22-10-16-28-68(56)78/h7-41,43-47,50H,42H2,1-6H3. The molecule has 1 atom stereocenters. The van der Waals surface area contributed by atoms with Crippen LogP contribution in [0.3, 0.4) is 0 Å². The molecular formula is C75H61BN4O. The van der Waals surface area contributed by atoms with Crippen LogP contribution < -0.4 is 21.1 Å². The van der Waals surface area contributed by atoms with Crippen LogP contribution in [0.4, 0.5) is 0 Å². The summed E-state index contributed by atoms with van der Waals surface area (Å²) in [7, 11) is 0. The molecular weight excluding hydrogens is 984 g/mol. The Hall–Kier alpha value is -9.26. The van der Waals surface area contributed by atoms with Crippen LogP contribution in [-0.4, -0.2) is 25.0 Å². The van der Waals surface area contributed by atoms with Gasteiger partial charge >= 0.3 is 0 Å². The molecule has 14 aromatic rings. The monoisotopic (exact) mass is 1040 g/mol. The molecule has 2 aliphatic rings. The number of para-hydroxylation sites is 6. The zero-order valence-corrected chi connectivity index (χ0v) is 46.7. The van der Waals surface area contributed by atoms with Gasteiger partial charge in [-0.25, -0.2) is 0 Å². The minimum Gasteiger partial charge on any atom is -0.458 e. The summed E-state index contributed by atoms with van der Waals surface area (Å²) >= 11 is 0.